The highest BCUT2D eigenvalue weighted by atomic mass is 16.5. The van der Waals surface area contributed by atoms with Crippen molar-refractivity contribution in [2.24, 2.45) is 5.73 Å². The number of methoxy groups -OCH3 is 2. The van der Waals surface area contributed by atoms with Gasteiger partial charge in [-0.05, 0) is 47.8 Å². The molecule has 4 heterocycles. The molecule has 4 N–H and O–H groups in total. The van der Waals surface area contributed by atoms with E-state index >= 15 is 0 Å². The molecule has 0 saturated heterocycles. The molecule has 5 rings (SSSR count). The van der Waals surface area contributed by atoms with Crippen LogP contribution in [0.15, 0.2) is 67.4 Å². The quantitative estimate of drug-likeness (QED) is 0.237. The predicted molar refractivity (Wildman–Crippen MR) is 156 cm³/mol. The van der Waals surface area contributed by atoms with Crippen molar-refractivity contribution in [2.75, 3.05) is 39.6 Å². The first kappa shape index (κ1) is 27.0. The van der Waals surface area contributed by atoms with Crippen molar-refractivity contribution < 1.29 is 14.2 Å². The standard InChI is InChI=1S/C30H33N7O3/c1-4-37(16-19-5-7-33-8-6-19)17-21(31)18-40-22-9-20(13-34-14-22)26-10-23-24-11-28(38-2)29(39-3)12-27(24)35-15-25(23)30(32)36-26/h5-15,21H,4,16-18,31H2,1-3H3,(H2,32,36)/t21-/m0/s1. The summed E-state index contributed by atoms with van der Waals surface area (Å²) in [5.74, 6) is 2.20. The summed E-state index contributed by atoms with van der Waals surface area (Å²) in [6.45, 7) is 4.86. The van der Waals surface area contributed by atoms with Crippen molar-refractivity contribution in [1.29, 1.82) is 0 Å². The van der Waals surface area contributed by atoms with Crippen molar-refractivity contribution in [3.8, 4) is 28.5 Å². The predicted octanol–water partition coefficient (Wildman–Crippen LogP) is 4.07. The lowest BCUT2D eigenvalue weighted by molar-refractivity contribution is 0.213. The Bertz CT molecular complexity index is 1610. The molecule has 0 bridgehead atoms. The van der Waals surface area contributed by atoms with E-state index in [-0.39, 0.29) is 6.04 Å². The summed E-state index contributed by atoms with van der Waals surface area (Å²) in [6.07, 6.45) is 8.74. The fourth-order valence-corrected chi connectivity index (χ4v) is 4.68. The fraction of sp³-hybridized carbons (Fsp3) is 0.267. The van der Waals surface area contributed by atoms with E-state index < -0.39 is 0 Å². The van der Waals surface area contributed by atoms with Crippen LogP contribution in [-0.2, 0) is 6.54 Å². The molecule has 1 atom stereocenters. The zero-order valence-corrected chi connectivity index (χ0v) is 22.9. The van der Waals surface area contributed by atoms with Gasteiger partial charge in [-0.3, -0.25) is 19.9 Å². The zero-order valence-electron chi connectivity index (χ0n) is 22.9. The van der Waals surface area contributed by atoms with Gasteiger partial charge in [0, 0.05) is 60.3 Å². The van der Waals surface area contributed by atoms with Crippen LogP contribution in [0, 0.1) is 0 Å². The van der Waals surface area contributed by atoms with Crippen molar-refractivity contribution >= 4 is 27.5 Å². The molecular formula is C30H33N7O3. The fourth-order valence-electron chi connectivity index (χ4n) is 4.68. The molecule has 1 aromatic carbocycles. The molecule has 0 aliphatic heterocycles. The first-order valence-electron chi connectivity index (χ1n) is 13.0. The van der Waals surface area contributed by atoms with Gasteiger partial charge in [0.15, 0.2) is 11.5 Å². The van der Waals surface area contributed by atoms with E-state index in [0.717, 1.165) is 40.3 Å². The Hall–Kier alpha value is -4.54. The molecule has 4 aromatic heterocycles. The van der Waals surface area contributed by atoms with E-state index in [2.05, 4.69) is 31.8 Å². The maximum absolute atomic E-state index is 6.43. The number of anilines is 1. The third kappa shape index (κ3) is 5.88. The molecule has 0 aliphatic carbocycles. The van der Waals surface area contributed by atoms with Crippen molar-refractivity contribution in [2.45, 2.75) is 19.5 Å². The normalized spacial score (nSPS) is 12.1. The van der Waals surface area contributed by atoms with Crippen LogP contribution >= 0.6 is 0 Å². The van der Waals surface area contributed by atoms with E-state index in [1.54, 1.807) is 45.2 Å². The van der Waals surface area contributed by atoms with E-state index in [1.807, 2.05) is 36.4 Å². The molecule has 10 nitrogen and oxygen atoms in total. The largest absolute Gasteiger partial charge is 0.493 e. The number of likely N-dealkylation sites (N-methyl/N-ethyl adjacent to an activating group) is 1. The molecule has 0 fully saturated rings. The molecule has 0 saturated carbocycles. The van der Waals surface area contributed by atoms with Gasteiger partial charge in [0.2, 0.25) is 0 Å². The highest BCUT2D eigenvalue weighted by Gasteiger charge is 2.15. The minimum atomic E-state index is -0.175. The lowest BCUT2D eigenvalue weighted by atomic mass is 10.0. The highest BCUT2D eigenvalue weighted by molar-refractivity contribution is 6.10. The van der Waals surface area contributed by atoms with Gasteiger partial charge in [-0.1, -0.05) is 6.92 Å². The Balaban J connectivity index is 1.36. The SMILES string of the molecule is CCN(Cc1ccncc1)C[C@H](N)COc1cncc(-c2cc3c(cnc4cc(OC)c(OC)cc43)c(N)n2)c1. The average Bonchev–Trinajstić information content (AvgIpc) is 2.99. The van der Waals surface area contributed by atoms with E-state index in [1.165, 1.54) is 5.56 Å². The molecule has 0 spiro atoms. The monoisotopic (exact) mass is 539 g/mol. The minimum absolute atomic E-state index is 0.175. The van der Waals surface area contributed by atoms with Gasteiger partial charge in [-0.2, -0.15) is 0 Å². The van der Waals surface area contributed by atoms with E-state index in [9.17, 15) is 0 Å². The second-order valence-corrected chi connectivity index (χ2v) is 9.50. The maximum Gasteiger partial charge on any atom is 0.162 e. The summed E-state index contributed by atoms with van der Waals surface area (Å²) in [4.78, 5) is 19.9. The van der Waals surface area contributed by atoms with E-state index in [0.29, 0.717) is 41.9 Å². The van der Waals surface area contributed by atoms with Gasteiger partial charge in [-0.25, -0.2) is 4.98 Å². The molecule has 40 heavy (non-hydrogen) atoms. The Labute approximate surface area is 232 Å². The molecule has 0 radical (unpaired) electrons. The number of hydrogen-bond acceptors (Lipinski definition) is 10. The van der Waals surface area contributed by atoms with Crippen LogP contribution in [0.4, 0.5) is 5.82 Å². The minimum Gasteiger partial charge on any atom is -0.493 e. The highest BCUT2D eigenvalue weighted by Crippen LogP contribution is 2.37. The van der Waals surface area contributed by atoms with Gasteiger partial charge >= 0.3 is 0 Å². The van der Waals surface area contributed by atoms with Crippen molar-refractivity contribution in [3.63, 3.8) is 0 Å². The number of fused-ring (bicyclic) bond motifs is 3. The molecule has 10 heteroatoms. The Morgan fingerprint density at radius 1 is 0.900 bits per heavy atom. The number of pyridine rings is 4. The van der Waals surface area contributed by atoms with Gasteiger partial charge < -0.3 is 25.7 Å². The van der Waals surface area contributed by atoms with Crippen LogP contribution in [0.25, 0.3) is 32.9 Å². The lowest BCUT2D eigenvalue weighted by Gasteiger charge is -2.24. The molecule has 206 valence electrons. The lowest BCUT2D eigenvalue weighted by Crippen LogP contribution is -2.40. The molecule has 5 aromatic rings. The summed E-state index contributed by atoms with van der Waals surface area (Å²) in [5, 5.41) is 2.53. The molecular weight excluding hydrogens is 506 g/mol. The summed E-state index contributed by atoms with van der Waals surface area (Å²) >= 11 is 0. The smallest absolute Gasteiger partial charge is 0.162 e. The van der Waals surface area contributed by atoms with Gasteiger partial charge in [0.25, 0.3) is 0 Å². The first-order valence-corrected chi connectivity index (χ1v) is 13.0. The number of hydrogen-bond donors (Lipinski definition) is 2. The summed E-state index contributed by atoms with van der Waals surface area (Å²) in [7, 11) is 3.20. The average molecular weight is 540 g/mol. The van der Waals surface area contributed by atoms with Gasteiger partial charge in [-0.15, -0.1) is 0 Å². The first-order chi connectivity index (χ1) is 19.5. The van der Waals surface area contributed by atoms with Gasteiger partial charge in [0.1, 0.15) is 18.2 Å². The number of nitrogens with two attached hydrogens (primary N) is 2. The van der Waals surface area contributed by atoms with Crippen molar-refractivity contribution in [1.82, 2.24) is 24.8 Å². The van der Waals surface area contributed by atoms with Gasteiger partial charge in [0.05, 0.1) is 37.7 Å². The van der Waals surface area contributed by atoms with Crippen LogP contribution < -0.4 is 25.7 Å². The number of rotatable bonds is 11. The zero-order chi connectivity index (χ0) is 28.1. The molecule has 0 aliphatic rings. The maximum atomic E-state index is 6.43. The summed E-state index contributed by atoms with van der Waals surface area (Å²) in [6, 6.07) is 11.5. The van der Waals surface area contributed by atoms with Crippen LogP contribution in [0.1, 0.15) is 12.5 Å². The van der Waals surface area contributed by atoms with Crippen LogP contribution in [0.2, 0.25) is 0 Å². The van der Waals surface area contributed by atoms with E-state index in [4.69, 9.17) is 25.7 Å². The van der Waals surface area contributed by atoms with Crippen LogP contribution in [-0.4, -0.2) is 64.8 Å². The number of aromatic nitrogens is 4. The summed E-state index contributed by atoms with van der Waals surface area (Å²) < 4.78 is 17.0. The van der Waals surface area contributed by atoms with Crippen LogP contribution in [0.3, 0.4) is 0 Å². The second kappa shape index (κ2) is 12.1. The Kier molecular flexibility index (Phi) is 8.18. The Morgan fingerprint density at radius 2 is 1.68 bits per heavy atom. The third-order valence-electron chi connectivity index (χ3n) is 6.78. The third-order valence-corrected chi connectivity index (χ3v) is 6.78. The number of benzene rings is 1. The Morgan fingerprint density at radius 3 is 2.42 bits per heavy atom. The second-order valence-electron chi connectivity index (χ2n) is 9.50. The van der Waals surface area contributed by atoms with Crippen molar-refractivity contribution in [3.05, 3.63) is 72.9 Å². The van der Waals surface area contributed by atoms with Crippen LogP contribution in [0.5, 0.6) is 17.2 Å². The number of nitrogens with zero attached hydrogens (tertiary/aromatic N) is 5. The molecule has 0 unspecified atom stereocenters. The summed E-state index contributed by atoms with van der Waals surface area (Å²) in [5.41, 5.74) is 16.2. The topological polar surface area (TPSA) is 135 Å². The molecule has 0 amide bonds. The number of nitrogen functional groups attached to an aromatic ring is 1. The number of ether oxygens (including phenoxy) is 3.